The van der Waals surface area contributed by atoms with E-state index in [2.05, 4.69) is 53.8 Å². The van der Waals surface area contributed by atoms with Gasteiger partial charge in [0.15, 0.2) is 6.19 Å². The Morgan fingerprint density at radius 2 is 1.37 bits per heavy atom. The zero-order chi connectivity index (χ0) is 12.8. The predicted molar refractivity (Wildman–Crippen MR) is 79.4 cm³/mol. The Morgan fingerprint density at radius 1 is 0.737 bits per heavy atom. The molecule has 0 saturated carbocycles. The van der Waals surface area contributed by atoms with Gasteiger partial charge < -0.3 is 0 Å². The summed E-state index contributed by atoms with van der Waals surface area (Å²) >= 11 is 0. The highest BCUT2D eigenvalue weighted by atomic mass is 14.9. The lowest BCUT2D eigenvalue weighted by Gasteiger charge is -2.12. The molecule has 0 bridgehead atoms. The van der Waals surface area contributed by atoms with E-state index >= 15 is 0 Å². The lowest BCUT2D eigenvalue weighted by molar-refractivity contribution is 1.48. The first-order valence-electron chi connectivity index (χ1n) is 6.20. The van der Waals surface area contributed by atoms with Crippen LogP contribution in [0, 0.1) is 11.5 Å². The van der Waals surface area contributed by atoms with Crippen molar-refractivity contribution in [2.45, 2.75) is 0 Å². The van der Waals surface area contributed by atoms with Crippen molar-refractivity contribution in [3.05, 3.63) is 54.6 Å². The number of benzene rings is 4. The van der Waals surface area contributed by atoms with Crippen molar-refractivity contribution in [2.24, 2.45) is 0 Å². The van der Waals surface area contributed by atoms with Gasteiger partial charge in [-0.05, 0) is 33.0 Å². The molecule has 0 fully saturated rings. The zero-order valence-corrected chi connectivity index (χ0v) is 10.1. The summed E-state index contributed by atoms with van der Waals surface area (Å²) in [7, 11) is 0. The molecule has 88 valence electrons. The molecule has 0 aromatic heterocycles. The maximum absolute atomic E-state index is 8.86. The number of nitrogens with one attached hydrogen (secondary N) is 1. The molecule has 0 amide bonds. The molecule has 0 aliphatic heterocycles. The topological polar surface area (TPSA) is 35.8 Å². The third kappa shape index (κ3) is 1.30. The molecule has 0 radical (unpaired) electrons. The van der Waals surface area contributed by atoms with Crippen molar-refractivity contribution in [1.29, 1.82) is 5.26 Å². The Hall–Kier alpha value is -2.79. The third-order valence-electron chi connectivity index (χ3n) is 3.72. The summed E-state index contributed by atoms with van der Waals surface area (Å²) in [4.78, 5) is 0. The third-order valence-corrected chi connectivity index (χ3v) is 3.72. The van der Waals surface area contributed by atoms with Crippen LogP contribution in [0.15, 0.2) is 54.6 Å². The Morgan fingerprint density at radius 3 is 2.11 bits per heavy atom. The van der Waals surface area contributed by atoms with Gasteiger partial charge in [0.1, 0.15) is 0 Å². The van der Waals surface area contributed by atoms with Gasteiger partial charge in [0.25, 0.3) is 0 Å². The van der Waals surface area contributed by atoms with Crippen LogP contribution in [0.25, 0.3) is 32.3 Å². The van der Waals surface area contributed by atoms with Gasteiger partial charge in [-0.15, -0.1) is 0 Å². The van der Waals surface area contributed by atoms with Gasteiger partial charge in [0.2, 0.25) is 0 Å². The van der Waals surface area contributed by atoms with E-state index in [0.717, 1.165) is 11.1 Å². The standard InChI is InChI=1S/C17H10N2/c18-10-19-15-9-7-13-5-4-11-2-1-3-12-6-8-14(15)17(13)16(11)12/h1-9,19H. The lowest BCUT2D eigenvalue weighted by atomic mass is 9.93. The van der Waals surface area contributed by atoms with Gasteiger partial charge >= 0.3 is 0 Å². The molecule has 1 N–H and O–H groups in total. The van der Waals surface area contributed by atoms with Crippen molar-refractivity contribution in [2.75, 3.05) is 5.32 Å². The van der Waals surface area contributed by atoms with Crippen LogP contribution in [-0.4, -0.2) is 0 Å². The van der Waals surface area contributed by atoms with E-state index in [4.69, 9.17) is 5.26 Å². The quantitative estimate of drug-likeness (QED) is 0.303. The van der Waals surface area contributed by atoms with E-state index in [1.807, 2.05) is 12.3 Å². The van der Waals surface area contributed by atoms with Crippen LogP contribution in [0.4, 0.5) is 5.69 Å². The molecule has 4 aromatic rings. The second kappa shape index (κ2) is 3.60. The number of rotatable bonds is 1. The average molecular weight is 242 g/mol. The summed E-state index contributed by atoms with van der Waals surface area (Å²) < 4.78 is 0. The molecule has 0 aliphatic carbocycles. The van der Waals surface area contributed by atoms with E-state index in [0.29, 0.717) is 0 Å². The highest BCUT2D eigenvalue weighted by Crippen LogP contribution is 2.37. The molecular formula is C17H10N2. The molecular weight excluding hydrogens is 232 g/mol. The molecule has 0 atom stereocenters. The van der Waals surface area contributed by atoms with Crippen LogP contribution in [0.5, 0.6) is 0 Å². The van der Waals surface area contributed by atoms with E-state index < -0.39 is 0 Å². The molecule has 0 spiro atoms. The second-order valence-electron chi connectivity index (χ2n) is 4.71. The minimum atomic E-state index is 0.869. The van der Waals surface area contributed by atoms with Crippen LogP contribution in [-0.2, 0) is 0 Å². The fraction of sp³-hybridized carbons (Fsp3) is 0. The molecule has 0 aliphatic rings. The number of anilines is 1. The minimum absolute atomic E-state index is 0.869. The van der Waals surface area contributed by atoms with E-state index in [9.17, 15) is 0 Å². The first kappa shape index (κ1) is 10.2. The summed E-state index contributed by atoms with van der Waals surface area (Å²) in [6.45, 7) is 0. The second-order valence-corrected chi connectivity index (χ2v) is 4.71. The molecule has 19 heavy (non-hydrogen) atoms. The fourth-order valence-electron chi connectivity index (χ4n) is 2.90. The van der Waals surface area contributed by atoms with Crippen LogP contribution in [0.1, 0.15) is 0 Å². The lowest BCUT2D eigenvalue weighted by Crippen LogP contribution is -1.91. The Bertz CT molecular complexity index is 932. The van der Waals surface area contributed by atoms with E-state index in [-0.39, 0.29) is 0 Å². The monoisotopic (exact) mass is 242 g/mol. The normalized spacial score (nSPS) is 11.1. The fourth-order valence-corrected chi connectivity index (χ4v) is 2.90. The first-order valence-corrected chi connectivity index (χ1v) is 6.20. The largest absolute Gasteiger partial charge is 0.292 e. The van der Waals surface area contributed by atoms with Crippen molar-refractivity contribution < 1.29 is 0 Å². The van der Waals surface area contributed by atoms with Crippen molar-refractivity contribution in [1.82, 2.24) is 0 Å². The maximum atomic E-state index is 8.86. The van der Waals surface area contributed by atoms with E-state index in [1.54, 1.807) is 0 Å². The molecule has 0 unspecified atom stereocenters. The first-order chi connectivity index (χ1) is 9.38. The van der Waals surface area contributed by atoms with Crippen LogP contribution in [0.2, 0.25) is 0 Å². The van der Waals surface area contributed by atoms with Gasteiger partial charge in [-0.3, -0.25) is 5.32 Å². The van der Waals surface area contributed by atoms with Gasteiger partial charge in [-0.25, -0.2) is 0 Å². The summed E-state index contributed by atoms with van der Waals surface area (Å²) in [6.07, 6.45) is 2.01. The Balaban J connectivity index is 2.32. The molecule has 2 nitrogen and oxygen atoms in total. The van der Waals surface area contributed by atoms with E-state index in [1.165, 1.54) is 26.9 Å². The highest BCUT2D eigenvalue weighted by Gasteiger charge is 2.09. The number of hydrogen-bond donors (Lipinski definition) is 1. The van der Waals surface area contributed by atoms with Gasteiger partial charge in [-0.1, -0.05) is 48.5 Å². The number of nitriles is 1. The van der Waals surface area contributed by atoms with Gasteiger partial charge in [0.05, 0.1) is 5.69 Å². The molecule has 4 rings (SSSR count). The predicted octanol–water partition coefficient (Wildman–Crippen LogP) is 4.48. The average Bonchev–Trinajstić information content (AvgIpc) is 2.46. The van der Waals surface area contributed by atoms with Crippen molar-refractivity contribution in [3.63, 3.8) is 0 Å². The zero-order valence-electron chi connectivity index (χ0n) is 10.1. The Kier molecular flexibility index (Phi) is 1.93. The smallest absolute Gasteiger partial charge is 0.181 e. The van der Waals surface area contributed by atoms with Crippen LogP contribution >= 0.6 is 0 Å². The Labute approximate surface area is 110 Å². The van der Waals surface area contributed by atoms with Crippen molar-refractivity contribution >= 4 is 38.0 Å². The van der Waals surface area contributed by atoms with Gasteiger partial charge in [-0.2, -0.15) is 5.26 Å². The molecule has 2 heteroatoms. The summed E-state index contributed by atoms with van der Waals surface area (Å²) in [5.41, 5.74) is 0.869. The van der Waals surface area contributed by atoms with Crippen molar-refractivity contribution in [3.8, 4) is 6.19 Å². The number of nitrogens with zero attached hydrogens (tertiary/aromatic N) is 1. The molecule has 0 saturated heterocycles. The summed E-state index contributed by atoms with van der Waals surface area (Å²) in [5, 5.41) is 18.9. The maximum Gasteiger partial charge on any atom is 0.181 e. The van der Waals surface area contributed by atoms with Crippen LogP contribution < -0.4 is 5.32 Å². The van der Waals surface area contributed by atoms with Crippen LogP contribution in [0.3, 0.4) is 0 Å². The summed E-state index contributed by atoms with van der Waals surface area (Å²) in [6, 6.07) is 18.9. The molecule has 0 heterocycles. The number of hydrogen-bond acceptors (Lipinski definition) is 2. The highest BCUT2D eigenvalue weighted by molar-refractivity contribution is 6.25. The molecule has 4 aromatic carbocycles. The summed E-state index contributed by atoms with van der Waals surface area (Å²) in [5.74, 6) is 0. The van der Waals surface area contributed by atoms with Gasteiger partial charge in [0, 0.05) is 5.39 Å². The minimum Gasteiger partial charge on any atom is -0.292 e. The SMILES string of the molecule is N#CNc1ccc2ccc3cccc4ccc1c2c34.